The summed E-state index contributed by atoms with van der Waals surface area (Å²) in [6.45, 7) is 5.03. The zero-order chi connectivity index (χ0) is 23.9. The summed E-state index contributed by atoms with van der Waals surface area (Å²) in [6.07, 6.45) is 5.46. The molecular weight excluding hydrogens is 428 g/mol. The van der Waals surface area contributed by atoms with Crippen LogP contribution in [0.1, 0.15) is 66.8 Å². The summed E-state index contributed by atoms with van der Waals surface area (Å²) in [5, 5.41) is 28.6. The van der Waals surface area contributed by atoms with Gasteiger partial charge in [0.25, 0.3) is 0 Å². The van der Waals surface area contributed by atoms with E-state index in [1.165, 1.54) is 0 Å². The first-order chi connectivity index (χ1) is 16.6. The van der Waals surface area contributed by atoms with E-state index in [1.807, 2.05) is 28.9 Å². The van der Waals surface area contributed by atoms with E-state index in [2.05, 4.69) is 63.8 Å². The molecule has 0 saturated heterocycles. The number of H-pyrrole nitrogens is 1. The summed E-state index contributed by atoms with van der Waals surface area (Å²) in [4.78, 5) is 12.0. The number of carboxylic acids is 1. The van der Waals surface area contributed by atoms with Crippen LogP contribution >= 0.6 is 0 Å². The molecule has 0 bridgehead atoms. The average molecular weight is 459 g/mol. The van der Waals surface area contributed by atoms with E-state index >= 15 is 0 Å². The van der Waals surface area contributed by atoms with E-state index in [1.54, 1.807) is 0 Å². The van der Waals surface area contributed by atoms with Crippen molar-refractivity contribution in [1.29, 1.82) is 0 Å². The largest absolute Gasteiger partial charge is 0.476 e. The molecule has 2 heterocycles. The lowest BCUT2D eigenvalue weighted by Crippen LogP contribution is -2.07. The summed E-state index contributed by atoms with van der Waals surface area (Å²) < 4.78 is 1.92. The Morgan fingerprint density at radius 3 is 2.38 bits per heavy atom. The first-order valence-corrected chi connectivity index (χ1v) is 11.9. The van der Waals surface area contributed by atoms with Gasteiger partial charge in [-0.1, -0.05) is 75.2 Å². The van der Waals surface area contributed by atoms with Gasteiger partial charge in [-0.2, -0.15) is 5.10 Å². The molecule has 8 heteroatoms. The number of carboxylic acid groups (broad SMARTS) is 1. The van der Waals surface area contributed by atoms with Crippen LogP contribution in [0.25, 0.3) is 22.5 Å². The molecule has 0 unspecified atom stereocenters. The van der Waals surface area contributed by atoms with Gasteiger partial charge in [0.05, 0.1) is 0 Å². The number of aryl methyl sites for hydroxylation is 1. The molecule has 0 atom stereocenters. The van der Waals surface area contributed by atoms with Gasteiger partial charge in [0.15, 0.2) is 11.5 Å². The molecule has 2 aromatic heterocycles. The number of carbonyl (C=O) groups is 1. The van der Waals surface area contributed by atoms with E-state index in [0.29, 0.717) is 12.2 Å². The number of nitrogens with one attached hydrogen (secondary N) is 1. The fourth-order valence-electron chi connectivity index (χ4n) is 4.23. The zero-order valence-corrected chi connectivity index (χ0v) is 19.7. The molecule has 0 spiro atoms. The van der Waals surface area contributed by atoms with Crippen molar-refractivity contribution in [2.45, 2.75) is 58.9 Å². The Balaban J connectivity index is 1.65. The molecule has 4 aromatic rings. The van der Waals surface area contributed by atoms with Gasteiger partial charge < -0.3 is 5.11 Å². The highest BCUT2D eigenvalue weighted by Gasteiger charge is 2.22. The van der Waals surface area contributed by atoms with Crippen LogP contribution in [-0.2, 0) is 19.4 Å². The van der Waals surface area contributed by atoms with Gasteiger partial charge in [-0.25, -0.2) is 9.89 Å². The van der Waals surface area contributed by atoms with Crippen molar-refractivity contribution in [3.63, 3.8) is 0 Å². The van der Waals surface area contributed by atoms with Crippen LogP contribution in [0.2, 0.25) is 0 Å². The maximum absolute atomic E-state index is 12.0. The Bertz CT molecular complexity index is 1230. The highest BCUT2D eigenvalue weighted by atomic mass is 16.4. The molecule has 0 amide bonds. The van der Waals surface area contributed by atoms with E-state index in [4.69, 9.17) is 0 Å². The molecule has 2 aromatic carbocycles. The van der Waals surface area contributed by atoms with Crippen LogP contribution in [0.5, 0.6) is 0 Å². The summed E-state index contributed by atoms with van der Waals surface area (Å²) in [5.74, 6) is -0.347. The SMILES string of the molecule is CCCCc1c(Cc2ccc(-c3ccccc3-c3nnn[nH]3)cc2)c(C(=O)O)nn1CCCC. The Kier molecular flexibility index (Phi) is 7.47. The topological polar surface area (TPSA) is 110 Å². The molecule has 34 heavy (non-hydrogen) atoms. The molecule has 0 aliphatic rings. The van der Waals surface area contributed by atoms with Crippen molar-refractivity contribution < 1.29 is 9.90 Å². The Morgan fingerprint density at radius 2 is 1.74 bits per heavy atom. The quantitative estimate of drug-likeness (QED) is 0.321. The van der Waals surface area contributed by atoms with Crippen molar-refractivity contribution in [1.82, 2.24) is 30.4 Å². The summed E-state index contributed by atoms with van der Waals surface area (Å²) in [5.41, 5.74) is 6.10. The second kappa shape index (κ2) is 10.9. The van der Waals surface area contributed by atoms with Gasteiger partial charge in [0, 0.05) is 29.8 Å². The number of rotatable bonds is 11. The van der Waals surface area contributed by atoms with Gasteiger partial charge >= 0.3 is 5.97 Å². The van der Waals surface area contributed by atoms with E-state index in [0.717, 1.165) is 72.2 Å². The summed E-state index contributed by atoms with van der Waals surface area (Å²) in [6, 6.07) is 16.2. The van der Waals surface area contributed by atoms with Crippen molar-refractivity contribution in [2.75, 3.05) is 0 Å². The number of hydrogen-bond donors (Lipinski definition) is 2. The highest BCUT2D eigenvalue weighted by Crippen LogP contribution is 2.30. The number of aromatic amines is 1. The average Bonchev–Trinajstić information content (AvgIpc) is 3.51. The first-order valence-electron chi connectivity index (χ1n) is 11.9. The maximum atomic E-state index is 12.0. The molecule has 8 nitrogen and oxygen atoms in total. The van der Waals surface area contributed by atoms with Crippen molar-refractivity contribution in [3.05, 3.63) is 71.0 Å². The van der Waals surface area contributed by atoms with Crippen LogP contribution < -0.4 is 0 Å². The van der Waals surface area contributed by atoms with Crippen LogP contribution in [0, 0.1) is 0 Å². The Labute approximate surface area is 199 Å². The minimum atomic E-state index is -0.964. The zero-order valence-electron chi connectivity index (χ0n) is 19.7. The van der Waals surface area contributed by atoms with E-state index < -0.39 is 5.97 Å². The van der Waals surface area contributed by atoms with Gasteiger partial charge in [0.1, 0.15) is 0 Å². The predicted molar refractivity (Wildman–Crippen MR) is 131 cm³/mol. The molecule has 0 fully saturated rings. The molecule has 2 N–H and O–H groups in total. The lowest BCUT2D eigenvalue weighted by molar-refractivity contribution is 0.0688. The van der Waals surface area contributed by atoms with Crippen LogP contribution in [0.4, 0.5) is 0 Å². The van der Waals surface area contributed by atoms with Gasteiger partial charge in [0.2, 0.25) is 0 Å². The van der Waals surface area contributed by atoms with E-state index in [-0.39, 0.29) is 5.69 Å². The Morgan fingerprint density at radius 1 is 1.00 bits per heavy atom. The summed E-state index contributed by atoms with van der Waals surface area (Å²) >= 11 is 0. The van der Waals surface area contributed by atoms with Gasteiger partial charge in [-0.3, -0.25) is 4.68 Å². The smallest absolute Gasteiger partial charge is 0.356 e. The maximum Gasteiger partial charge on any atom is 0.356 e. The number of nitrogens with zero attached hydrogens (tertiary/aromatic N) is 5. The number of aromatic nitrogens is 6. The number of unbranched alkanes of at least 4 members (excludes halogenated alkanes) is 2. The minimum Gasteiger partial charge on any atom is -0.476 e. The number of aromatic carboxylic acids is 1. The van der Waals surface area contributed by atoms with Crippen LogP contribution in [0.15, 0.2) is 48.5 Å². The normalized spacial score (nSPS) is 11.1. The monoisotopic (exact) mass is 458 g/mol. The van der Waals surface area contributed by atoms with Gasteiger partial charge in [-0.15, -0.1) is 5.10 Å². The lowest BCUT2D eigenvalue weighted by Gasteiger charge is -2.11. The Hall–Kier alpha value is -3.81. The molecular formula is C26H30N6O2. The predicted octanol–water partition coefficient (Wildman–Crippen LogP) is 5.16. The van der Waals surface area contributed by atoms with Crippen molar-refractivity contribution >= 4 is 5.97 Å². The molecule has 0 aliphatic heterocycles. The lowest BCUT2D eigenvalue weighted by atomic mass is 9.95. The van der Waals surface area contributed by atoms with Crippen molar-refractivity contribution in [2.24, 2.45) is 0 Å². The molecule has 4 rings (SSSR count). The molecule has 0 saturated carbocycles. The standard InChI is InChI=1S/C26H30N6O2/c1-3-5-11-23-22(24(26(33)34)29-32(23)16-6-4-2)17-18-12-14-19(15-13-18)20-9-7-8-10-21(20)25-27-30-31-28-25/h7-10,12-15H,3-6,11,16-17H2,1-2H3,(H,33,34)(H,27,28,30,31). The fraction of sp³-hybridized carbons (Fsp3) is 0.346. The fourth-order valence-corrected chi connectivity index (χ4v) is 4.23. The van der Waals surface area contributed by atoms with Crippen LogP contribution in [0.3, 0.4) is 0 Å². The third-order valence-electron chi connectivity index (χ3n) is 6.03. The van der Waals surface area contributed by atoms with Crippen molar-refractivity contribution in [3.8, 4) is 22.5 Å². The first kappa shape index (κ1) is 23.4. The molecule has 0 aliphatic carbocycles. The van der Waals surface area contributed by atoms with E-state index in [9.17, 15) is 9.90 Å². The second-order valence-corrected chi connectivity index (χ2v) is 8.43. The minimum absolute atomic E-state index is 0.175. The second-order valence-electron chi connectivity index (χ2n) is 8.43. The number of hydrogen-bond acceptors (Lipinski definition) is 5. The number of benzene rings is 2. The van der Waals surface area contributed by atoms with Gasteiger partial charge in [-0.05, 0) is 46.4 Å². The third-order valence-corrected chi connectivity index (χ3v) is 6.03. The van der Waals surface area contributed by atoms with Crippen LogP contribution in [-0.4, -0.2) is 41.5 Å². The third kappa shape index (κ3) is 5.06. The highest BCUT2D eigenvalue weighted by molar-refractivity contribution is 5.87. The summed E-state index contributed by atoms with van der Waals surface area (Å²) in [7, 11) is 0. The molecule has 0 radical (unpaired) electrons. The number of tetrazole rings is 1. The molecule has 176 valence electrons.